The fourth-order valence-electron chi connectivity index (χ4n) is 1.12. The van der Waals surface area contributed by atoms with Gasteiger partial charge >= 0.3 is 0 Å². The van der Waals surface area contributed by atoms with Crippen LogP contribution in [0.4, 0.5) is 5.69 Å². The van der Waals surface area contributed by atoms with Crippen LogP contribution in [0.2, 0.25) is 10.0 Å². The second kappa shape index (κ2) is 5.97. The number of carbonyl (C=O) groups excluding carboxylic acids is 1. The summed E-state index contributed by atoms with van der Waals surface area (Å²) in [6, 6.07) is 5.10. The van der Waals surface area contributed by atoms with Crippen molar-refractivity contribution in [1.29, 1.82) is 0 Å². The van der Waals surface area contributed by atoms with Crippen LogP contribution in [0, 0.1) is 0 Å². The number of benzene rings is 1. The second-order valence-electron chi connectivity index (χ2n) is 3.39. The van der Waals surface area contributed by atoms with E-state index < -0.39 is 0 Å². The zero-order chi connectivity index (χ0) is 12.1. The first kappa shape index (κ1) is 13.1. The summed E-state index contributed by atoms with van der Waals surface area (Å²) < 4.78 is 0. The van der Waals surface area contributed by atoms with Crippen LogP contribution in [-0.4, -0.2) is 30.9 Å². The molecule has 0 heterocycles. The largest absolute Gasteiger partial charge is 0.375 e. The van der Waals surface area contributed by atoms with Crippen molar-refractivity contribution in [2.75, 3.05) is 25.5 Å². The van der Waals surface area contributed by atoms with Gasteiger partial charge in [0.25, 0.3) is 0 Å². The van der Waals surface area contributed by atoms with E-state index in [2.05, 4.69) is 5.32 Å². The first-order valence-electron chi connectivity index (χ1n) is 4.97. The third-order valence-electron chi connectivity index (χ3n) is 2.26. The van der Waals surface area contributed by atoms with Crippen molar-refractivity contribution >= 4 is 34.8 Å². The highest BCUT2D eigenvalue weighted by Gasteiger charge is 2.07. The summed E-state index contributed by atoms with van der Waals surface area (Å²) >= 11 is 11.8. The Morgan fingerprint density at radius 1 is 1.44 bits per heavy atom. The fraction of sp³-hybridized carbons (Fsp3) is 0.364. The lowest BCUT2D eigenvalue weighted by molar-refractivity contribution is -0.127. The molecule has 0 aromatic heterocycles. The molecule has 0 atom stereocenters. The van der Waals surface area contributed by atoms with E-state index in [0.717, 1.165) is 0 Å². The van der Waals surface area contributed by atoms with E-state index in [1.807, 2.05) is 6.92 Å². The SMILES string of the molecule is CCN(C)C(=O)CNc1cc(Cl)ccc1Cl. The third kappa shape index (κ3) is 3.58. The number of halogens is 2. The lowest BCUT2D eigenvalue weighted by atomic mass is 10.3. The lowest BCUT2D eigenvalue weighted by Crippen LogP contribution is -2.31. The maximum atomic E-state index is 11.5. The minimum absolute atomic E-state index is 0.0125. The summed E-state index contributed by atoms with van der Waals surface area (Å²) in [4.78, 5) is 13.2. The van der Waals surface area contributed by atoms with Crippen LogP contribution >= 0.6 is 23.2 Å². The maximum absolute atomic E-state index is 11.5. The highest BCUT2D eigenvalue weighted by Crippen LogP contribution is 2.25. The van der Waals surface area contributed by atoms with Crippen LogP contribution in [0.25, 0.3) is 0 Å². The van der Waals surface area contributed by atoms with Gasteiger partial charge in [0.05, 0.1) is 17.3 Å². The molecule has 1 N–H and O–H groups in total. The average molecular weight is 261 g/mol. The first-order valence-corrected chi connectivity index (χ1v) is 5.73. The molecule has 0 radical (unpaired) electrons. The molecule has 1 rings (SSSR count). The van der Waals surface area contributed by atoms with Gasteiger partial charge in [-0.2, -0.15) is 0 Å². The molecule has 0 bridgehead atoms. The Balaban J connectivity index is 2.61. The van der Waals surface area contributed by atoms with Crippen molar-refractivity contribution in [2.45, 2.75) is 6.92 Å². The molecule has 0 unspecified atom stereocenters. The van der Waals surface area contributed by atoms with E-state index in [-0.39, 0.29) is 12.5 Å². The molecule has 1 amide bonds. The summed E-state index contributed by atoms with van der Waals surface area (Å²) in [6.07, 6.45) is 0. The van der Waals surface area contributed by atoms with E-state index in [1.165, 1.54) is 0 Å². The van der Waals surface area contributed by atoms with Crippen LogP contribution in [-0.2, 0) is 4.79 Å². The Kier molecular flexibility index (Phi) is 4.90. The zero-order valence-corrected chi connectivity index (χ0v) is 10.8. The van der Waals surface area contributed by atoms with Gasteiger partial charge in [-0.3, -0.25) is 4.79 Å². The molecule has 5 heteroatoms. The molecule has 1 aromatic rings. The number of rotatable bonds is 4. The molecule has 0 saturated carbocycles. The number of amides is 1. The summed E-state index contributed by atoms with van der Waals surface area (Å²) in [6.45, 7) is 2.82. The van der Waals surface area contributed by atoms with Crippen LogP contribution in [0.15, 0.2) is 18.2 Å². The van der Waals surface area contributed by atoms with Gasteiger partial charge in [0.1, 0.15) is 0 Å². The maximum Gasteiger partial charge on any atom is 0.241 e. The monoisotopic (exact) mass is 260 g/mol. The van der Waals surface area contributed by atoms with E-state index in [4.69, 9.17) is 23.2 Å². The van der Waals surface area contributed by atoms with Crippen molar-refractivity contribution in [3.8, 4) is 0 Å². The minimum atomic E-state index is 0.0125. The topological polar surface area (TPSA) is 32.3 Å². The van der Waals surface area contributed by atoms with Gasteiger partial charge in [0.2, 0.25) is 5.91 Å². The Hall–Kier alpha value is -0.930. The fourth-order valence-corrected chi connectivity index (χ4v) is 1.47. The second-order valence-corrected chi connectivity index (χ2v) is 4.23. The summed E-state index contributed by atoms with van der Waals surface area (Å²) in [5.41, 5.74) is 0.673. The number of nitrogens with one attached hydrogen (secondary N) is 1. The van der Waals surface area contributed by atoms with E-state index >= 15 is 0 Å². The van der Waals surface area contributed by atoms with Gasteiger partial charge in [-0.05, 0) is 25.1 Å². The van der Waals surface area contributed by atoms with Gasteiger partial charge < -0.3 is 10.2 Å². The molecular formula is C11H14Cl2N2O. The Bertz CT molecular complexity index is 382. The standard InChI is InChI=1S/C11H14Cl2N2O/c1-3-15(2)11(16)7-14-10-6-8(12)4-5-9(10)13/h4-6,14H,3,7H2,1-2H3. The number of nitrogens with zero attached hydrogens (tertiary/aromatic N) is 1. The first-order chi connectivity index (χ1) is 7.54. The Labute approximate surface area is 105 Å². The van der Waals surface area contributed by atoms with Gasteiger partial charge in [-0.1, -0.05) is 23.2 Å². The molecule has 0 fully saturated rings. The normalized spacial score (nSPS) is 10.0. The minimum Gasteiger partial charge on any atom is -0.375 e. The van der Waals surface area contributed by atoms with E-state index in [1.54, 1.807) is 30.1 Å². The Morgan fingerprint density at radius 3 is 2.75 bits per heavy atom. The smallest absolute Gasteiger partial charge is 0.241 e. The van der Waals surface area contributed by atoms with Crippen LogP contribution in [0.3, 0.4) is 0 Å². The number of hydrogen-bond donors (Lipinski definition) is 1. The number of hydrogen-bond acceptors (Lipinski definition) is 2. The molecule has 0 aliphatic rings. The highest BCUT2D eigenvalue weighted by molar-refractivity contribution is 6.35. The molecule has 1 aromatic carbocycles. The van der Waals surface area contributed by atoms with E-state index in [0.29, 0.717) is 22.3 Å². The van der Waals surface area contributed by atoms with Gasteiger partial charge in [0.15, 0.2) is 0 Å². The molecule has 0 aliphatic carbocycles. The highest BCUT2D eigenvalue weighted by atomic mass is 35.5. The van der Waals surface area contributed by atoms with E-state index in [9.17, 15) is 4.79 Å². The predicted octanol–water partition coefficient (Wildman–Crippen LogP) is 2.88. The van der Waals surface area contributed by atoms with Crippen LogP contribution < -0.4 is 5.32 Å². The van der Waals surface area contributed by atoms with Gasteiger partial charge in [-0.15, -0.1) is 0 Å². The van der Waals surface area contributed by atoms with Crippen molar-refractivity contribution in [2.24, 2.45) is 0 Å². The molecule has 0 spiro atoms. The van der Waals surface area contributed by atoms with Crippen molar-refractivity contribution < 1.29 is 4.79 Å². The van der Waals surface area contributed by atoms with Gasteiger partial charge in [0, 0.05) is 18.6 Å². The number of likely N-dealkylation sites (N-methyl/N-ethyl adjacent to an activating group) is 1. The quantitative estimate of drug-likeness (QED) is 0.903. The van der Waals surface area contributed by atoms with Crippen LogP contribution in [0.1, 0.15) is 6.92 Å². The third-order valence-corrected chi connectivity index (χ3v) is 2.82. The molecule has 16 heavy (non-hydrogen) atoms. The summed E-state index contributed by atoms with van der Waals surface area (Å²) in [5, 5.41) is 4.10. The lowest BCUT2D eigenvalue weighted by Gasteiger charge is -2.15. The zero-order valence-electron chi connectivity index (χ0n) is 9.26. The summed E-state index contributed by atoms with van der Waals surface area (Å²) in [7, 11) is 1.75. The van der Waals surface area contributed by atoms with Crippen molar-refractivity contribution in [3.05, 3.63) is 28.2 Å². The molecule has 88 valence electrons. The average Bonchev–Trinajstić information content (AvgIpc) is 2.28. The summed E-state index contributed by atoms with van der Waals surface area (Å²) in [5.74, 6) is 0.0125. The molecule has 0 saturated heterocycles. The Morgan fingerprint density at radius 2 is 2.12 bits per heavy atom. The molecule has 0 aliphatic heterocycles. The van der Waals surface area contributed by atoms with Crippen LogP contribution in [0.5, 0.6) is 0 Å². The molecule has 3 nitrogen and oxygen atoms in total. The molecular weight excluding hydrogens is 247 g/mol. The van der Waals surface area contributed by atoms with Gasteiger partial charge in [-0.25, -0.2) is 0 Å². The number of carbonyl (C=O) groups is 1. The van der Waals surface area contributed by atoms with Crippen molar-refractivity contribution in [3.63, 3.8) is 0 Å². The predicted molar refractivity (Wildman–Crippen MR) is 68.3 cm³/mol. The number of anilines is 1. The van der Waals surface area contributed by atoms with Crippen molar-refractivity contribution in [1.82, 2.24) is 4.90 Å².